The van der Waals surface area contributed by atoms with Crippen LogP contribution in [-0.4, -0.2) is 36.2 Å². The van der Waals surface area contributed by atoms with Crippen LogP contribution in [0.3, 0.4) is 0 Å². The molecule has 1 heterocycles. The minimum Gasteiger partial charge on any atom is -0.356 e. The van der Waals surface area contributed by atoms with Crippen LogP contribution >= 0.6 is 0 Å². The fraction of sp³-hybridized carbons (Fsp3) is 0.333. The Hall–Kier alpha value is -2.15. The van der Waals surface area contributed by atoms with Crippen molar-refractivity contribution < 1.29 is 13.2 Å². The van der Waals surface area contributed by atoms with E-state index in [4.69, 9.17) is 0 Å². The zero-order chi connectivity index (χ0) is 16.2. The van der Waals surface area contributed by atoms with Gasteiger partial charge in [0.1, 0.15) is 0 Å². The third-order valence-corrected chi connectivity index (χ3v) is 4.74. The van der Waals surface area contributed by atoms with E-state index in [9.17, 15) is 13.2 Å². The minimum atomic E-state index is -3.63. The van der Waals surface area contributed by atoms with Crippen LogP contribution in [0.15, 0.2) is 41.8 Å². The number of sulfone groups is 1. The van der Waals surface area contributed by atoms with Crippen LogP contribution in [0.4, 0.5) is 0 Å². The predicted octanol–water partition coefficient (Wildman–Crippen LogP) is 1.48. The first kappa shape index (κ1) is 16.2. The second-order valence-electron chi connectivity index (χ2n) is 4.94. The van der Waals surface area contributed by atoms with E-state index in [1.807, 2.05) is 31.2 Å². The van der Waals surface area contributed by atoms with Crippen molar-refractivity contribution in [1.82, 2.24) is 14.9 Å². The fourth-order valence-corrected chi connectivity index (χ4v) is 3.42. The van der Waals surface area contributed by atoms with Crippen LogP contribution < -0.4 is 5.32 Å². The Bertz CT molecular complexity index is 766. The number of aryl methyl sites for hydroxylation is 1. The monoisotopic (exact) mass is 321 g/mol. The van der Waals surface area contributed by atoms with E-state index >= 15 is 0 Å². The Kier molecular flexibility index (Phi) is 4.97. The van der Waals surface area contributed by atoms with Gasteiger partial charge in [-0.3, -0.25) is 9.36 Å². The van der Waals surface area contributed by atoms with Gasteiger partial charge in [-0.15, -0.1) is 0 Å². The molecule has 6 nitrogen and oxygen atoms in total. The molecule has 0 saturated heterocycles. The van der Waals surface area contributed by atoms with Crippen LogP contribution in [0.5, 0.6) is 0 Å². The standard InChI is InChI=1S/C15H19N3O3S/c1-3-16-14(19)7-10-22(20,21)15-17-8-9-18(15)13-6-4-5-12(2)11-13/h4-6,8-9,11H,3,7,10H2,1-2H3,(H,16,19). The maximum absolute atomic E-state index is 12.4. The highest BCUT2D eigenvalue weighted by atomic mass is 32.2. The predicted molar refractivity (Wildman–Crippen MR) is 83.7 cm³/mol. The van der Waals surface area contributed by atoms with Crippen molar-refractivity contribution in [3.63, 3.8) is 0 Å². The molecule has 22 heavy (non-hydrogen) atoms. The van der Waals surface area contributed by atoms with Crippen molar-refractivity contribution in [3.05, 3.63) is 42.2 Å². The lowest BCUT2D eigenvalue weighted by Gasteiger charge is -2.09. The molecule has 0 spiro atoms. The summed E-state index contributed by atoms with van der Waals surface area (Å²) < 4.78 is 26.4. The smallest absolute Gasteiger partial charge is 0.232 e. The number of hydrogen-bond donors (Lipinski definition) is 1. The zero-order valence-electron chi connectivity index (χ0n) is 12.6. The third kappa shape index (κ3) is 3.73. The van der Waals surface area contributed by atoms with Crippen LogP contribution in [0.2, 0.25) is 0 Å². The van der Waals surface area contributed by atoms with Gasteiger partial charge in [-0.2, -0.15) is 0 Å². The van der Waals surface area contributed by atoms with E-state index in [2.05, 4.69) is 10.3 Å². The summed E-state index contributed by atoms with van der Waals surface area (Å²) in [6.45, 7) is 4.21. The van der Waals surface area contributed by atoms with Gasteiger partial charge in [0.2, 0.25) is 20.9 Å². The van der Waals surface area contributed by atoms with Crippen LogP contribution in [0, 0.1) is 6.92 Å². The Morgan fingerprint density at radius 1 is 1.36 bits per heavy atom. The molecule has 0 fully saturated rings. The molecule has 0 radical (unpaired) electrons. The van der Waals surface area contributed by atoms with E-state index in [1.165, 1.54) is 10.8 Å². The molecule has 1 amide bonds. The molecular formula is C15H19N3O3S. The van der Waals surface area contributed by atoms with E-state index in [0.717, 1.165) is 11.3 Å². The number of benzene rings is 1. The molecule has 2 rings (SSSR count). The zero-order valence-corrected chi connectivity index (χ0v) is 13.4. The Morgan fingerprint density at radius 3 is 2.82 bits per heavy atom. The normalized spacial score (nSPS) is 11.4. The maximum Gasteiger partial charge on any atom is 0.232 e. The van der Waals surface area contributed by atoms with Crippen molar-refractivity contribution in [2.75, 3.05) is 12.3 Å². The molecule has 1 N–H and O–H groups in total. The second kappa shape index (κ2) is 6.74. The number of hydrogen-bond acceptors (Lipinski definition) is 4. The molecule has 0 atom stereocenters. The van der Waals surface area contributed by atoms with Gasteiger partial charge >= 0.3 is 0 Å². The van der Waals surface area contributed by atoms with Gasteiger partial charge in [-0.1, -0.05) is 12.1 Å². The number of carbonyl (C=O) groups excluding carboxylic acids is 1. The van der Waals surface area contributed by atoms with Gasteiger partial charge in [-0.05, 0) is 31.5 Å². The molecule has 0 aliphatic rings. The number of rotatable bonds is 6. The fourth-order valence-electron chi connectivity index (χ4n) is 2.10. The lowest BCUT2D eigenvalue weighted by Crippen LogP contribution is -2.25. The number of nitrogens with one attached hydrogen (secondary N) is 1. The summed E-state index contributed by atoms with van der Waals surface area (Å²) in [7, 11) is -3.63. The molecule has 0 unspecified atom stereocenters. The van der Waals surface area contributed by atoms with Crippen LogP contribution in [0.1, 0.15) is 18.9 Å². The van der Waals surface area contributed by atoms with Gasteiger partial charge in [0.15, 0.2) is 0 Å². The minimum absolute atomic E-state index is 0.0394. The summed E-state index contributed by atoms with van der Waals surface area (Å²) >= 11 is 0. The Morgan fingerprint density at radius 2 is 2.14 bits per heavy atom. The number of amides is 1. The van der Waals surface area contributed by atoms with Crippen molar-refractivity contribution in [2.45, 2.75) is 25.4 Å². The number of imidazole rings is 1. The highest BCUT2D eigenvalue weighted by Crippen LogP contribution is 2.17. The molecule has 1 aromatic carbocycles. The molecular weight excluding hydrogens is 302 g/mol. The lowest BCUT2D eigenvalue weighted by atomic mass is 10.2. The molecule has 0 bridgehead atoms. The first-order valence-electron chi connectivity index (χ1n) is 7.04. The van der Waals surface area contributed by atoms with Crippen LogP contribution in [-0.2, 0) is 14.6 Å². The SMILES string of the molecule is CCNC(=O)CCS(=O)(=O)c1nccn1-c1cccc(C)c1. The first-order chi connectivity index (χ1) is 10.4. The van der Waals surface area contributed by atoms with Gasteiger partial charge in [0.25, 0.3) is 0 Å². The number of aromatic nitrogens is 2. The third-order valence-electron chi connectivity index (χ3n) is 3.14. The average Bonchev–Trinajstić information content (AvgIpc) is 2.96. The Labute approximate surface area is 130 Å². The van der Waals surface area contributed by atoms with Crippen molar-refractivity contribution in [1.29, 1.82) is 0 Å². The van der Waals surface area contributed by atoms with Crippen molar-refractivity contribution >= 4 is 15.7 Å². The summed E-state index contributed by atoms with van der Waals surface area (Å²) in [4.78, 5) is 15.4. The summed E-state index contributed by atoms with van der Waals surface area (Å²) in [5.41, 5.74) is 1.76. The number of carbonyl (C=O) groups is 1. The van der Waals surface area contributed by atoms with E-state index < -0.39 is 9.84 Å². The largest absolute Gasteiger partial charge is 0.356 e. The summed E-state index contributed by atoms with van der Waals surface area (Å²) in [5, 5.41) is 2.55. The van der Waals surface area contributed by atoms with E-state index in [1.54, 1.807) is 13.1 Å². The second-order valence-corrected chi connectivity index (χ2v) is 6.94. The molecule has 0 aliphatic carbocycles. The van der Waals surface area contributed by atoms with Crippen molar-refractivity contribution in [2.24, 2.45) is 0 Å². The first-order valence-corrected chi connectivity index (χ1v) is 8.69. The van der Waals surface area contributed by atoms with Crippen LogP contribution in [0.25, 0.3) is 5.69 Å². The quantitative estimate of drug-likeness (QED) is 0.874. The molecule has 0 saturated carbocycles. The van der Waals surface area contributed by atoms with Gasteiger partial charge < -0.3 is 5.32 Å². The van der Waals surface area contributed by atoms with Gasteiger partial charge in [0, 0.05) is 31.0 Å². The summed E-state index contributed by atoms with van der Waals surface area (Å²) in [5.74, 6) is -0.540. The van der Waals surface area contributed by atoms with Crippen molar-refractivity contribution in [3.8, 4) is 5.69 Å². The lowest BCUT2D eigenvalue weighted by molar-refractivity contribution is -0.120. The summed E-state index contributed by atoms with van der Waals surface area (Å²) in [6.07, 6.45) is 2.98. The Balaban J connectivity index is 2.26. The molecule has 7 heteroatoms. The summed E-state index contributed by atoms with van der Waals surface area (Å²) in [6, 6.07) is 7.49. The molecule has 118 valence electrons. The molecule has 0 aliphatic heterocycles. The number of nitrogens with zero attached hydrogens (tertiary/aromatic N) is 2. The molecule has 1 aromatic heterocycles. The van der Waals surface area contributed by atoms with E-state index in [-0.39, 0.29) is 23.2 Å². The highest BCUT2D eigenvalue weighted by molar-refractivity contribution is 7.91. The highest BCUT2D eigenvalue weighted by Gasteiger charge is 2.22. The molecule has 2 aromatic rings. The van der Waals surface area contributed by atoms with Gasteiger partial charge in [0.05, 0.1) is 5.75 Å². The van der Waals surface area contributed by atoms with E-state index in [0.29, 0.717) is 6.54 Å². The topological polar surface area (TPSA) is 81.1 Å². The van der Waals surface area contributed by atoms with Gasteiger partial charge in [-0.25, -0.2) is 13.4 Å². The maximum atomic E-state index is 12.4. The average molecular weight is 321 g/mol.